The van der Waals surface area contributed by atoms with E-state index in [2.05, 4.69) is 10.3 Å². The van der Waals surface area contributed by atoms with E-state index >= 15 is 0 Å². The minimum absolute atomic E-state index is 0.0527. The van der Waals surface area contributed by atoms with Gasteiger partial charge in [-0.1, -0.05) is 38.5 Å². The van der Waals surface area contributed by atoms with Crippen LogP contribution < -0.4 is 5.32 Å². The molecular weight excluding hydrogens is 318 g/mol. The van der Waals surface area contributed by atoms with E-state index in [0.717, 1.165) is 57.8 Å². The van der Waals surface area contributed by atoms with Gasteiger partial charge in [-0.15, -0.1) is 0 Å². The molecule has 1 aromatic heterocycles. The summed E-state index contributed by atoms with van der Waals surface area (Å²) in [4.78, 5) is 28.9. The minimum atomic E-state index is -0.640. The Balaban J connectivity index is 1.65. The van der Waals surface area contributed by atoms with Crippen LogP contribution in [-0.4, -0.2) is 33.9 Å². The highest BCUT2D eigenvalue weighted by atomic mass is 16.5. The van der Waals surface area contributed by atoms with Crippen molar-refractivity contribution in [3.05, 3.63) is 34.8 Å². The monoisotopic (exact) mass is 344 g/mol. The molecular formula is C19H26N3O3-. The van der Waals surface area contributed by atoms with E-state index in [9.17, 15) is 14.8 Å². The van der Waals surface area contributed by atoms with Gasteiger partial charge in [0.15, 0.2) is 0 Å². The Morgan fingerprint density at radius 3 is 2.36 bits per heavy atom. The minimum Gasteiger partial charge on any atom is -0.756 e. The first kappa shape index (κ1) is 17.9. The molecule has 0 bridgehead atoms. The number of carbonyl (C=O) groups is 2. The summed E-state index contributed by atoms with van der Waals surface area (Å²) in [5.74, 6) is -0.835. The van der Waals surface area contributed by atoms with E-state index in [-0.39, 0.29) is 23.7 Å². The zero-order chi connectivity index (χ0) is 17.6. The van der Waals surface area contributed by atoms with Gasteiger partial charge in [-0.05, 0) is 37.8 Å². The molecule has 1 heterocycles. The summed E-state index contributed by atoms with van der Waals surface area (Å²) in [6.07, 6.45) is 11.5. The molecule has 136 valence electrons. The van der Waals surface area contributed by atoms with E-state index in [1.807, 2.05) is 0 Å². The molecule has 6 nitrogen and oxygen atoms in total. The lowest BCUT2D eigenvalue weighted by atomic mass is 9.95. The predicted octanol–water partition coefficient (Wildman–Crippen LogP) is 3.42. The van der Waals surface area contributed by atoms with Gasteiger partial charge in [0.05, 0.1) is 0 Å². The number of hydrogen-bond acceptors (Lipinski definition) is 4. The molecule has 2 aliphatic carbocycles. The van der Waals surface area contributed by atoms with Crippen LogP contribution in [0.25, 0.3) is 0 Å². The third-order valence-electron chi connectivity index (χ3n) is 5.29. The van der Waals surface area contributed by atoms with Crippen LogP contribution in [0, 0.1) is 5.21 Å². The molecule has 0 aromatic carbocycles. The van der Waals surface area contributed by atoms with E-state index in [1.165, 1.54) is 18.7 Å². The topological polar surface area (TPSA) is 85.4 Å². The fourth-order valence-electron chi connectivity index (χ4n) is 3.80. The summed E-state index contributed by atoms with van der Waals surface area (Å²) < 4.78 is 0. The van der Waals surface area contributed by atoms with Gasteiger partial charge < -0.3 is 15.6 Å². The zero-order valence-electron chi connectivity index (χ0n) is 14.6. The van der Waals surface area contributed by atoms with Crippen molar-refractivity contribution < 1.29 is 9.59 Å². The van der Waals surface area contributed by atoms with Crippen LogP contribution in [0.5, 0.6) is 0 Å². The Labute approximate surface area is 148 Å². The van der Waals surface area contributed by atoms with Gasteiger partial charge >= 0.3 is 0 Å². The molecule has 0 atom stereocenters. The fourth-order valence-corrected chi connectivity index (χ4v) is 3.80. The number of nitrogens with one attached hydrogen (secondary N) is 1. The van der Waals surface area contributed by atoms with Crippen molar-refractivity contribution in [1.29, 1.82) is 0 Å². The molecule has 6 heteroatoms. The van der Waals surface area contributed by atoms with E-state index < -0.39 is 5.91 Å². The molecule has 0 aliphatic heterocycles. The molecule has 3 rings (SSSR count). The normalized spacial score (nSPS) is 19.4. The van der Waals surface area contributed by atoms with Crippen LogP contribution in [0.3, 0.4) is 0 Å². The number of amides is 2. The first-order valence-corrected chi connectivity index (χ1v) is 9.43. The number of pyridine rings is 1. The molecule has 25 heavy (non-hydrogen) atoms. The lowest BCUT2D eigenvalue weighted by molar-refractivity contribution is 0.0733. The molecule has 0 unspecified atom stereocenters. The van der Waals surface area contributed by atoms with Crippen LogP contribution >= 0.6 is 0 Å². The Bertz CT molecular complexity index is 608. The molecule has 0 spiro atoms. The molecule has 2 fully saturated rings. The third kappa shape index (κ3) is 4.57. The van der Waals surface area contributed by atoms with Gasteiger partial charge in [0.1, 0.15) is 5.69 Å². The van der Waals surface area contributed by atoms with Crippen molar-refractivity contribution in [3.8, 4) is 0 Å². The van der Waals surface area contributed by atoms with Crippen LogP contribution in [0.2, 0.25) is 0 Å². The third-order valence-corrected chi connectivity index (χ3v) is 5.29. The van der Waals surface area contributed by atoms with Gasteiger partial charge in [-0.2, -0.15) is 0 Å². The maximum atomic E-state index is 12.4. The van der Waals surface area contributed by atoms with Gasteiger partial charge in [-0.25, -0.2) is 0 Å². The molecule has 1 N–H and O–H groups in total. The number of hydrogen-bond donors (Lipinski definition) is 1. The van der Waals surface area contributed by atoms with Crippen LogP contribution in [-0.2, 0) is 0 Å². The molecule has 0 radical (unpaired) electrons. The Kier molecular flexibility index (Phi) is 6.02. The van der Waals surface area contributed by atoms with E-state index in [1.54, 1.807) is 6.07 Å². The summed E-state index contributed by atoms with van der Waals surface area (Å²) in [5, 5.41) is 15.9. The standard InChI is InChI=1S/C19H26N3O3/c23-18(21-15-7-3-1-4-8-15)14-11-12-20-17(13-14)19(24)22(25)16-9-5-2-6-10-16/h11-13,15-16H,1-10H2,(H,21,23)/q-1. The molecule has 2 amide bonds. The van der Waals surface area contributed by atoms with Crippen LogP contribution in [0.4, 0.5) is 0 Å². The average molecular weight is 344 g/mol. The van der Waals surface area contributed by atoms with Crippen molar-refractivity contribution in [1.82, 2.24) is 15.4 Å². The first-order valence-electron chi connectivity index (χ1n) is 9.43. The number of hydroxylamine groups is 2. The maximum Gasteiger partial charge on any atom is 0.262 e. The zero-order valence-corrected chi connectivity index (χ0v) is 14.6. The fraction of sp³-hybridized carbons (Fsp3) is 0.632. The lowest BCUT2D eigenvalue weighted by Crippen LogP contribution is -2.38. The van der Waals surface area contributed by atoms with Gasteiger partial charge in [-0.3, -0.25) is 14.6 Å². The highest BCUT2D eigenvalue weighted by molar-refractivity contribution is 5.98. The van der Waals surface area contributed by atoms with Crippen molar-refractivity contribution in [2.75, 3.05) is 0 Å². The van der Waals surface area contributed by atoms with E-state index in [4.69, 9.17) is 0 Å². The summed E-state index contributed by atoms with van der Waals surface area (Å²) in [7, 11) is 0. The van der Waals surface area contributed by atoms with Crippen molar-refractivity contribution >= 4 is 11.8 Å². The van der Waals surface area contributed by atoms with Crippen molar-refractivity contribution in [2.24, 2.45) is 0 Å². The number of nitrogens with zero attached hydrogens (tertiary/aromatic N) is 2. The number of aromatic nitrogens is 1. The Morgan fingerprint density at radius 1 is 1.04 bits per heavy atom. The largest absolute Gasteiger partial charge is 0.756 e. The smallest absolute Gasteiger partial charge is 0.262 e. The highest BCUT2D eigenvalue weighted by Gasteiger charge is 2.22. The second-order valence-corrected chi connectivity index (χ2v) is 7.16. The van der Waals surface area contributed by atoms with E-state index in [0.29, 0.717) is 10.6 Å². The van der Waals surface area contributed by atoms with Gasteiger partial charge in [0.2, 0.25) is 0 Å². The van der Waals surface area contributed by atoms with Gasteiger partial charge in [0, 0.05) is 23.8 Å². The summed E-state index contributed by atoms with van der Waals surface area (Å²) in [6, 6.07) is 2.97. The lowest BCUT2D eigenvalue weighted by Gasteiger charge is -2.39. The quantitative estimate of drug-likeness (QED) is 0.848. The summed E-state index contributed by atoms with van der Waals surface area (Å²) in [5.41, 5.74) is 0.442. The summed E-state index contributed by atoms with van der Waals surface area (Å²) >= 11 is 0. The predicted molar refractivity (Wildman–Crippen MR) is 95.0 cm³/mol. The summed E-state index contributed by atoms with van der Waals surface area (Å²) in [6.45, 7) is 0. The SMILES string of the molecule is O=C(NC1CCCCC1)c1ccnc(C(=O)N([O-])C2CCCCC2)c1. The second-order valence-electron chi connectivity index (χ2n) is 7.16. The van der Waals surface area contributed by atoms with Crippen LogP contribution in [0.1, 0.15) is 85.1 Å². The molecule has 2 aliphatic rings. The average Bonchev–Trinajstić information content (AvgIpc) is 2.68. The second kappa shape index (κ2) is 8.43. The molecule has 0 saturated heterocycles. The van der Waals surface area contributed by atoms with Crippen LogP contribution in [0.15, 0.2) is 18.3 Å². The molecule has 2 saturated carbocycles. The van der Waals surface area contributed by atoms with Crippen molar-refractivity contribution in [2.45, 2.75) is 76.3 Å². The Morgan fingerprint density at radius 2 is 1.68 bits per heavy atom. The Hall–Kier alpha value is -1.95. The molecule has 1 aromatic rings. The first-order chi connectivity index (χ1) is 12.1. The number of rotatable bonds is 4. The number of carbonyl (C=O) groups excluding carboxylic acids is 2. The highest BCUT2D eigenvalue weighted by Crippen LogP contribution is 2.23. The van der Waals surface area contributed by atoms with Gasteiger partial charge in [0.25, 0.3) is 11.8 Å². The maximum absolute atomic E-state index is 12.4. The van der Waals surface area contributed by atoms with Crippen molar-refractivity contribution in [3.63, 3.8) is 0 Å².